The molecule has 2 heterocycles. The molecule has 46 heavy (non-hydrogen) atoms. The lowest BCUT2D eigenvalue weighted by Gasteiger charge is -2.48. The van der Waals surface area contributed by atoms with E-state index in [0.717, 1.165) is 33.6 Å². The van der Waals surface area contributed by atoms with Crippen LogP contribution in [0.1, 0.15) is 51.8 Å². The zero-order valence-corrected chi connectivity index (χ0v) is 26.1. The first-order valence-electron chi connectivity index (χ1n) is 15.6. The Morgan fingerprint density at radius 1 is 0.891 bits per heavy atom. The highest BCUT2D eigenvalue weighted by molar-refractivity contribution is 5.91. The summed E-state index contributed by atoms with van der Waals surface area (Å²) < 4.78 is 12.4. The number of hydrogen-bond acceptors (Lipinski definition) is 7. The molecule has 1 fully saturated rings. The number of aliphatic hydroxyl groups excluding tert-OH is 1. The van der Waals surface area contributed by atoms with Crippen molar-refractivity contribution in [2.24, 2.45) is 0 Å². The molecule has 0 radical (unpaired) electrons. The van der Waals surface area contributed by atoms with Gasteiger partial charge in [0.2, 0.25) is 0 Å². The van der Waals surface area contributed by atoms with Crippen molar-refractivity contribution in [2.45, 2.75) is 31.5 Å². The van der Waals surface area contributed by atoms with E-state index in [-0.39, 0.29) is 12.3 Å². The lowest BCUT2D eigenvalue weighted by atomic mass is 9.74. The van der Waals surface area contributed by atoms with Gasteiger partial charge in [0.25, 0.3) is 0 Å². The van der Waals surface area contributed by atoms with Gasteiger partial charge in [-0.3, -0.25) is 4.90 Å². The smallest absolute Gasteiger partial charge is 0.361 e. The van der Waals surface area contributed by atoms with Crippen LogP contribution in [0.2, 0.25) is 0 Å². The number of hydrogen-bond donors (Lipinski definition) is 1. The topological polar surface area (TPSA) is 89.7 Å². The lowest BCUT2D eigenvalue weighted by molar-refractivity contribution is 0.0519. The number of rotatable bonds is 10. The normalized spacial score (nSPS) is 16.3. The minimum absolute atomic E-state index is 0.118. The van der Waals surface area contributed by atoms with E-state index in [9.17, 15) is 9.90 Å². The Balaban J connectivity index is 1.47. The van der Waals surface area contributed by atoms with Gasteiger partial charge >= 0.3 is 5.97 Å². The maximum absolute atomic E-state index is 13.1. The summed E-state index contributed by atoms with van der Waals surface area (Å²) in [6.45, 7) is 3.43. The second-order valence-corrected chi connectivity index (χ2v) is 11.3. The van der Waals surface area contributed by atoms with Crippen molar-refractivity contribution in [2.75, 3.05) is 26.8 Å². The van der Waals surface area contributed by atoms with Crippen LogP contribution in [-0.4, -0.2) is 63.9 Å². The Morgan fingerprint density at radius 3 is 1.98 bits per heavy atom. The summed E-state index contributed by atoms with van der Waals surface area (Å²) >= 11 is 0. The van der Waals surface area contributed by atoms with Gasteiger partial charge in [0.1, 0.15) is 5.75 Å². The molecular formula is C38H38N4O4. The van der Waals surface area contributed by atoms with Crippen molar-refractivity contribution in [1.82, 2.24) is 19.9 Å². The van der Waals surface area contributed by atoms with Crippen LogP contribution in [0.25, 0.3) is 6.08 Å². The van der Waals surface area contributed by atoms with Crippen molar-refractivity contribution in [3.05, 3.63) is 154 Å². The Bertz CT molecular complexity index is 1670. The van der Waals surface area contributed by atoms with E-state index in [2.05, 4.69) is 88.0 Å². The molecule has 1 atom stereocenters. The molecule has 0 saturated carbocycles. The molecule has 8 nitrogen and oxygen atoms in total. The van der Waals surface area contributed by atoms with Gasteiger partial charge in [-0.25, -0.2) is 9.48 Å². The maximum atomic E-state index is 13.1. The third kappa shape index (κ3) is 6.09. The Kier molecular flexibility index (Phi) is 9.38. The summed E-state index contributed by atoms with van der Waals surface area (Å²) in [6.07, 6.45) is 1.67. The van der Waals surface area contributed by atoms with Crippen molar-refractivity contribution in [3.63, 3.8) is 0 Å². The van der Waals surface area contributed by atoms with Crippen LogP contribution >= 0.6 is 0 Å². The highest BCUT2D eigenvalue weighted by Gasteiger charge is 2.44. The zero-order valence-electron chi connectivity index (χ0n) is 26.1. The minimum Gasteiger partial charge on any atom is -0.497 e. The summed E-state index contributed by atoms with van der Waals surface area (Å²) in [7, 11) is 1.63. The molecule has 5 aromatic rings. The summed E-state index contributed by atoms with van der Waals surface area (Å²) in [5.41, 5.74) is 5.08. The van der Waals surface area contributed by atoms with Gasteiger partial charge in [-0.1, -0.05) is 108 Å². The van der Waals surface area contributed by atoms with Crippen LogP contribution in [0.4, 0.5) is 0 Å². The second-order valence-electron chi connectivity index (χ2n) is 11.3. The Morgan fingerprint density at radius 2 is 1.46 bits per heavy atom. The van der Waals surface area contributed by atoms with Crippen molar-refractivity contribution in [3.8, 4) is 5.75 Å². The number of nitrogens with zero attached hydrogens (tertiary/aromatic N) is 4. The molecule has 1 unspecified atom stereocenters. The molecule has 1 aromatic heterocycles. The first kappa shape index (κ1) is 31.0. The van der Waals surface area contributed by atoms with E-state index >= 15 is 0 Å². The summed E-state index contributed by atoms with van der Waals surface area (Å²) in [6, 6.07) is 39.2. The fourth-order valence-electron chi connectivity index (χ4n) is 6.39. The fraction of sp³-hybridized carbons (Fsp3) is 0.237. The van der Waals surface area contributed by atoms with E-state index < -0.39 is 17.6 Å². The molecule has 0 aliphatic carbocycles. The lowest BCUT2D eigenvalue weighted by Crippen LogP contribution is -2.52. The summed E-state index contributed by atoms with van der Waals surface area (Å²) in [4.78, 5) is 15.5. The average molecular weight is 615 g/mol. The van der Waals surface area contributed by atoms with E-state index in [1.807, 2.05) is 48.5 Å². The van der Waals surface area contributed by atoms with Crippen molar-refractivity contribution in [1.29, 1.82) is 0 Å². The van der Waals surface area contributed by atoms with Gasteiger partial charge in [-0.15, -0.1) is 5.10 Å². The molecule has 4 aromatic carbocycles. The Hall–Kier alpha value is -5.05. The first-order chi connectivity index (χ1) is 22.5. The SMILES string of the molecule is CCOC(=O)c1nnn(Cc2ccc(OC)cc2)c1C=C1CN(C(c2ccccc2)(c2ccccc2)c2ccccc2)CCC1O. The molecule has 0 amide bonds. The van der Waals surface area contributed by atoms with E-state index in [4.69, 9.17) is 9.47 Å². The van der Waals surface area contributed by atoms with Gasteiger partial charge < -0.3 is 14.6 Å². The summed E-state index contributed by atoms with van der Waals surface area (Å²) in [5.74, 6) is 0.200. The van der Waals surface area contributed by atoms with E-state index in [1.165, 1.54) is 0 Å². The van der Waals surface area contributed by atoms with Gasteiger partial charge in [-0.05, 0) is 59.4 Å². The minimum atomic E-state index is -0.712. The molecular weight excluding hydrogens is 576 g/mol. The average Bonchev–Trinajstić information content (AvgIpc) is 3.50. The maximum Gasteiger partial charge on any atom is 0.361 e. The van der Waals surface area contributed by atoms with Crippen LogP contribution in [0.3, 0.4) is 0 Å². The van der Waals surface area contributed by atoms with Crippen LogP contribution < -0.4 is 4.74 Å². The largest absolute Gasteiger partial charge is 0.497 e. The zero-order chi connectivity index (χ0) is 31.9. The Labute approximate surface area is 269 Å². The molecule has 234 valence electrons. The van der Waals surface area contributed by atoms with Crippen LogP contribution in [0, 0.1) is 0 Å². The fourth-order valence-corrected chi connectivity index (χ4v) is 6.39. The summed E-state index contributed by atoms with van der Waals surface area (Å²) in [5, 5.41) is 20.1. The number of methoxy groups -OCH3 is 1. The third-order valence-electron chi connectivity index (χ3n) is 8.58. The van der Waals surface area contributed by atoms with Gasteiger partial charge in [0.15, 0.2) is 5.69 Å². The predicted octanol–water partition coefficient (Wildman–Crippen LogP) is 5.95. The molecule has 1 saturated heterocycles. The number of benzene rings is 4. The van der Waals surface area contributed by atoms with E-state index in [1.54, 1.807) is 18.7 Å². The monoisotopic (exact) mass is 614 g/mol. The molecule has 1 aliphatic rings. The van der Waals surface area contributed by atoms with Gasteiger partial charge in [-0.2, -0.15) is 0 Å². The standard InChI is InChI=1S/C38H38N4O4/c1-3-46-37(44)36-34(42(40-39-36)26-28-19-21-33(45-2)22-20-28)25-29-27-41(24-23-35(29)43)38(30-13-7-4-8-14-30,31-15-9-5-10-16-31)32-17-11-6-12-18-32/h4-22,25,35,43H,3,23-24,26-27H2,1-2H3. The number of piperidine rings is 1. The van der Waals surface area contributed by atoms with Crippen LogP contribution in [-0.2, 0) is 16.8 Å². The quantitative estimate of drug-likeness (QED) is 0.154. The second kappa shape index (κ2) is 13.9. The van der Waals surface area contributed by atoms with Crippen LogP contribution in [0.5, 0.6) is 5.75 Å². The third-order valence-corrected chi connectivity index (χ3v) is 8.58. The highest BCUT2D eigenvalue weighted by atomic mass is 16.5. The molecule has 1 aliphatic heterocycles. The molecule has 0 bridgehead atoms. The van der Waals surface area contributed by atoms with Crippen molar-refractivity contribution < 1.29 is 19.4 Å². The van der Waals surface area contributed by atoms with Crippen LogP contribution in [0.15, 0.2) is 121 Å². The van der Waals surface area contributed by atoms with Gasteiger partial charge in [0, 0.05) is 13.1 Å². The number of aromatic nitrogens is 3. The molecule has 8 heteroatoms. The number of carbonyl (C=O) groups is 1. The predicted molar refractivity (Wildman–Crippen MR) is 177 cm³/mol. The molecule has 0 spiro atoms. The number of esters is 1. The molecule has 6 rings (SSSR count). The molecule has 1 N–H and O–H groups in total. The number of ether oxygens (including phenoxy) is 2. The number of carbonyl (C=O) groups excluding carboxylic acids is 1. The highest BCUT2D eigenvalue weighted by Crippen LogP contribution is 2.44. The number of aliphatic hydroxyl groups is 1. The van der Waals surface area contributed by atoms with E-state index in [0.29, 0.717) is 31.7 Å². The first-order valence-corrected chi connectivity index (χ1v) is 15.6. The number of likely N-dealkylation sites (tertiary alicyclic amines) is 1. The van der Waals surface area contributed by atoms with Gasteiger partial charge in [0.05, 0.1) is 37.6 Å². The van der Waals surface area contributed by atoms with Crippen molar-refractivity contribution >= 4 is 12.0 Å².